The average molecular weight is 356 g/mol. The molecule has 1 atom stereocenters. The van der Waals surface area contributed by atoms with Crippen LogP contribution in [0, 0.1) is 0 Å². The standard InChI is InChI=1S/C20H24N2O2S/c1-14(25-17-12-10-16(11-13-17)20(2,3)4)18(23)21-22-19(24)15-8-6-5-7-9-15/h5-14H,1-4H3,(H,21,23)(H,22,24)/t14-/m1/s1. The van der Waals surface area contributed by atoms with Crippen LogP contribution in [0.15, 0.2) is 59.5 Å². The first kappa shape index (κ1) is 19.1. The van der Waals surface area contributed by atoms with Gasteiger partial charge in [0.2, 0.25) is 0 Å². The number of thioether (sulfide) groups is 1. The normalized spacial score (nSPS) is 12.3. The van der Waals surface area contributed by atoms with E-state index in [0.29, 0.717) is 5.56 Å². The minimum atomic E-state index is -0.333. The van der Waals surface area contributed by atoms with E-state index >= 15 is 0 Å². The van der Waals surface area contributed by atoms with Gasteiger partial charge in [-0.1, -0.05) is 51.1 Å². The lowest BCUT2D eigenvalue weighted by atomic mass is 9.87. The number of carbonyl (C=O) groups is 2. The van der Waals surface area contributed by atoms with Crippen molar-refractivity contribution in [1.82, 2.24) is 10.9 Å². The molecule has 0 aromatic heterocycles. The molecule has 0 radical (unpaired) electrons. The summed E-state index contributed by atoms with van der Waals surface area (Å²) in [5.74, 6) is -0.574. The number of carbonyl (C=O) groups excluding carboxylic acids is 2. The monoisotopic (exact) mass is 356 g/mol. The molecular weight excluding hydrogens is 332 g/mol. The quantitative estimate of drug-likeness (QED) is 0.645. The van der Waals surface area contributed by atoms with Crippen molar-refractivity contribution in [2.45, 2.75) is 43.3 Å². The van der Waals surface area contributed by atoms with Gasteiger partial charge in [0, 0.05) is 10.5 Å². The first-order valence-corrected chi connectivity index (χ1v) is 9.08. The Hall–Kier alpha value is -2.27. The van der Waals surface area contributed by atoms with E-state index in [9.17, 15) is 9.59 Å². The van der Waals surface area contributed by atoms with Crippen molar-refractivity contribution in [1.29, 1.82) is 0 Å². The van der Waals surface area contributed by atoms with Gasteiger partial charge in [-0.25, -0.2) is 0 Å². The maximum Gasteiger partial charge on any atom is 0.269 e. The Morgan fingerprint density at radius 3 is 2.08 bits per heavy atom. The second-order valence-electron chi connectivity index (χ2n) is 6.84. The van der Waals surface area contributed by atoms with Crippen LogP contribution in [0.4, 0.5) is 0 Å². The molecular formula is C20H24N2O2S. The molecule has 2 amide bonds. The molecule has 0 bridgehead atoms. The van der Waals surface area contributed by atoms with Gasteiger partial charge in [0.15, 0.2) is 0 Å². The van der Waals surface area contributed by atoms with Crippen molar-refractivity contribution in [2.24, 2.45) is 0 Å². The van der Waals surface area contributed by atoms with Crippen molar-refractivity contribution < 1.29 is 9.59 Å². The Kier molecular flexibility index (Phi) is 6.26. The summed E-state index contributed by atoms with van der Waals surface area (Å²) in [7, 11) is 0. The number of hydrazine groups is 1. The number of rotatable bonds is 4. The van der Waals surface area contributed by atoms with Crippen LogP contribution in [0.25, 0.3) is 0 Å². The highest BCUT2D eigenvalue weighted by molar-refractivity contribution is 8.00. The highest BCUT2D eigenvalue weighted by atomic mass is 32.2. The predicted molar refractivity (Wildman–Crippen MR) is 103 cm³/mol. The minimum absolute atomic E-state index is 0.105. The fourth-order valence-corrected chi connectivity index (χ4v) is 3.04. The van der Waals surface area contributed by atoms with Crippen LogP contribution in [0.1, 0.15) is 43.6 Å². The van der Waals surface area contributed by atoms with Gasteiger partial charge in [0.05, 0.1) is 5.25 Å². The Morgan fingerprint density at radius 2 is 1.52 bits per heavy atom. The van der Waals surface area contributed by atoms with Crippen LogP contribution < -0.4 is 10.9 Å². The van der Waals surface area contributed by atoms with Gasteiger partial charge in [-0.05, 0) is 42.2 Å². The molecule has 2 N–H and O–H groups in total. The van der Waals surface area contributed by atoms with Gasteiger partial charge < -0.3 is 0 Å². The zero-order chi connectivity index (χ0) is 18.4. The second-order valence-corrected chi connectivity index (χ2v) is 8.26. The Bertz CT molecular complexity index is 722. The Balaban J connectivity index is 1.87. The van der Waals surface area contributed by atoms with Gasteiger partial charge in [-0.3, -0.25) is 20.4 Å². The number of benzene rings is 2. The molecule has 25 heavy (non-hydrogen) atoms. The molecule has 2 aromatic carbocycles. The van der Waals surface area contributed by atoms with Gasteiger partial charge in [0.1, 0.15) is 0 Å². The van der Waals surface area contributed by atoms with Crippen molar-refractivity contribution in [3.63, 3.8) is 0 Å². The first-order valence-electron chi connectivity index (χ1n) is 8.20. The fraction of sp³-hybridized carbons (Fsp3) is 0.300. The smallest absolute Gasteiger partial charge is 0.269 e. The molecule has 0 unspecified atom stereocenters. The predicted octanol–water partition coefficient (Wildman–Crippen LogP) is 3.93. The summed E-state index contributed by atoms with van der Waals surface area (Å²) in [5, 5.41) is -0.323. The van der Waals surface area contributed by atoms with E-state index in [0.717, 1.165) is 4.90 Å². The van der Waals surface area contributed by atoms with Crippen LogP contribution in [-0.2, 0) is 10.2 Å². The number of amides is 2. The molecule has 0 heterocycles. The maximum absolute atomic E-state index is 12.2. The highest BCUT2D eigenvalue weighted by Crippen LogP contribution is 2.27. The van der Waals surface area contributed by atoms with Gasteiger partial charge >= 0.3 is 0 Å². The van der Waals surface area contributed by atoms with Gasteiger partial charge in [-0.2, -0.15) is 0 Å². The SMILES string of the molecule is C[C@@H](Sc1ccc(C(C)(C)C)cc1)C(=O)NNC(=O)c1ccccc1. The summed E-state index contributed by atoms with van der Waals surface area (Å²) in [4.78, 5) is 25.1. The van der Waals surface area contributed by atoms with E-state index in [1.165, 1.54) is 17.3 Å². The van der Waals surface area contributed by atoms with Gasteiger partial charge in [-0.15, -0.1) is 11.8 Å². The zero-order valence-corrected chi connectivity index (χ0v) is 15.8. The highest BCUT2D eigenvalue weighted by Gasteiger charge is 2.17. The molecule has 0 aliphatic carbocycles. The summed E-state index contributed by atoms with van der Waals surface area (Å²) in [6.45, 7) is 8.31. The zero-order valence-electron chi connectivity index (χ0n) is 15.0. The summed E-state index contributed by atoms with van der Waals surface area (Å²) in [6.07, 6.45) is 0. The third-order valence-electron chi connectivity index (χ3n) is 3.74. The molecule has 0 aliphatic rings. The molecule has 4 nitrogen and oxygen atoms in total. The number of hydrogen-bond donors (Lipinski definition) is 2. The average Bonchev–Trinajstić information content (AvgIpc) is 2.59. The minimum Gasteiger partial charge on any atom is -0.272 e. The van der Waals surface area contributed by atoms with Crippen LogP contribution >= 0.6 is 11.8 Å². The third-order valence-corrected chi connectivity index (χ3v) is 4.85. The second kappa shape index (κ2) is 8.21. The lowest BCUT2D eigenvalue weighted by molar-refractivity contribution is -0.121. The molecule has 0 spiro atoms. The molecule has 0 aliphatic heterocycles. The van der Waals surface area contributed by atoms with E-state index in [2.05, 4.69) is 43.8 Å². The summed E-state index contributed by atoms with van der Waals surface area (Å²) in [6, 6.07) is 17.0. The molecule has 2 aromatic rings. The maximum atomic E-state index is 12.2. The molecule has 5 heteroatoms. The lowest BCUT2D eigenvalue weighted by Crippen LogP contribution is -2.44. The van der Waals surface area contributed by atoms with E-state index in [1.807, 2.05) is 25.1 Å². The van der Waals surface area contributed by atoms with Gasteiger partial charge in [0.25, 0.3) is 11.8 Å². The molecule has 132 valence electrons. The summed E-state index contributed by atoms with van der Waals surface area (Å²) >= 11 is 1.46. The van der Waals surface area contributed by atoms with Crippen LogP contribution in [0.5, 0.6) is 0 Å². The third kappa shape index (κ3) is 5.64. The van der Waals surface area contributed by atoms with Crippen molar-refractivity contribution in [3.05, 3.63) is 65.7 Å². The van der Waals surface area contributed by atoms with Crippen molar-refractivity contribution in [3.8, 4) is 0 Å². The largest absolute Gasteiger partial charge is 0.272 e. The topological polar surface area (TPSA) is 58.2 Å². The first-order chi connectivity index (χ1) is 11.8. The van der Waals surface area contributed by atoms with Crippen LogP contribution in [0.3, 0.4) is 0 Å². The van der Waals surface area contributed by atoms with Crippen molar-refractivity contribution >= 4 is 23.6 Å². The Labute approximate surface area is 153 Å². The molecule has 0 saturated heterocycles. The number of hydrogen-bond acceptors (Lipinski definition) is 3. The van der Waals surface area contributed by atoms with Crippen LogP contribution in [-0.4, -0.2) is 17.1 Å². The van der Waals surface area contributed by atoms with E-state index in [-0.39, 0.29) is 22.5 Å². The lowest BCUT2D eigenvalue weighted by Gasteiger charge is -2.19. The Morgan fingerprint density at radius 1 is 0.920 bits per heavy atom. The van der Waals surface area contributed by atoms with E-state index in [4.69, 9.17) is 0 Å². The summed E-state index contributed by atoms with van der Waals surface area (Å²) in [5.41, 5.74) is 6.78. The number of nitrogens with one attached hydrogen (secondary N) is 2. The molecule has 0 fully saturated rings. The van der Waals surface area contributed by atoms with Crippen molar-refractivity contribution in [2.75, 3.05) is 0 Å². The van der Waals surface area contributed by atoms with Crippen LogP contribution in [0.2, 0.25) is 0 Å². The van der Waals surface area contributed by atoms with E-state index in [1.54, 1.807) is 24.3 Å². The fourth-order valence-electron chi connectivity index (χ4n) is 2.17. The molecule has 2 rings (SSSR count). The van der Waals surface area contributed by atoms with E-state index < -0.39 is 0 Å². The summed E-state index contributed by atoms with van der Waals surface area (Å²) < 4.78 is 0. The molecule has 0 saturated carbocycles.